The minimum absolute atomic E-state index is 0.834. The third-order valence-corrected chi connectivity index (χ3v) is 4.33. The molecule has 2 aromatic rings. The number of likely N-dealkylation sites (tertiary alicyclic amines) is 1. The van der Waals surface area contributed by atoms with Gasteiger partial charge in [-0.25, -0.2) is 0 Å². The number of guanidine groups is 1. The van der Waals surface area contributed by atoms with Gasteiger partial charge >= 0.3 is 0 Å². The molecule has 2 heterocycles. The lowest BCUT2D eigenvalue weighted by Crippen LogP contribution is -2.40. The number of benzene rings is 1. The number of rotatable bonds is 5. The van der Waals surface area contributed by atoms with Gasteiger partial charge in [0.15, 0.2) is 5.96 Å². The lowest BCUT2D eigenvalue weighted by Gasteiger charge is -2.30. The second kappa shape index (κ2) is 8.52. The van der Waals surface area contributed by atoms with Crippen molar-refractivity contribution < 1.29 is 0 Å². The van der Waals surface area contributed by atoms with Gasteiger partial charge in [0.25, 0.3) is 0 Å². The van der Waals surface area contributed by atoms with Gasteiger partial charge in [-0.05, 0) is 49.8 Å². The van der Waals surface area contributed by atoms with Crippen LogP contribution >= 0.6 is 0 Å². The lowest BCUT2D eigenvalue weighted by molar-refractivity contribution is 0.340. The maximum atomic E-state index is 4.87. The molecule has 3 rings (SSSR count). The largest absolute Gasteiger partial charge is 0.343 e. The van der Waals surface area contributed by atoms with Crippen molar-refractivity contribution in [2.75, 3.05) is 25.0 Å². The van der Waals surface area contributed by atoms with Crippen LogP contribution in [0.15, 0.2) is 47.7 Å². The SMILES string of the molecule is Cn1cc(CCCN=C(Nc2ccccc2)N2CCCCC2)cn1. The van der Waals surface area contributed by atoms with Crippen LogP contribution in [0.5, 0.6) is 0 Å². The van der Waals surface area contributed by atoms with E-state index in [1.54, 1.807) is 0 Å². The van der Waals surface area contributed by atoms with Crippen molar-refractivity contribution in [2.45, 2.75) is 32.1 Å². The molecule has 5 nitrogen and oxygen atoms in total. The number of para-hydroxylation sites is 1. The molecule has 0 radical (unpaired) electrons. The highest BCUT2D eigenvalue weighted by atomic mass is 15.3. The average molecular weight is 325 g/mol. The zero-order chi connectivity index (χ0) is 16.6. The van der Waals surface area contributed by atoms with Gasteiger partial charge in [0.1, 0.15) is 0 Å². The Kier molecular flexibility index (Phi) is 5.88. The van der Waals surface area contributed by atoms with E-state index >= 15 is 0 Å². The predicted molar refractivity (Wildman–Crippen MR) is 99.3 cm³/mol. The Balaban J connectivity index is 1.59. The van der Waals surface area contributed by atoms with E-state index < -0.39 is 0 Å². The van der Waals surface area contributed by atoms with Crippen molar-refractivity contribution in [3.8, 4) is 0 Å². The summed E-state index contributed by atoms with van der Waals surface area (Å²) in [5.41, 5.74) is 2.39. The summed E-state index contributed by atoms with van der Waals surface area (Å²) in [6.07, 6.45) is 9.93. The summed E-state index contributed by atoms with van der Waals surface area (Å²) in [5.74, 6) is 1.02. The second-order valence-electron chi connectivity index (χ2n) is 6.37. The Labute approximate surface area is 144 Å². The minimum Gasteiger partial charge on any atom is -0.343 e. The van der Waals surface area contributed by atoms with Gasteiger partial charge in [0.05, 0.1) is 6.20 Å². The molecule has 0 saturated carbocycles. The molecule has 0 spiro atoms. The number of aromatic nitrogens is 2. The molecule has 1 saturated heterocycles. The van der Waals surface area contributed by atoms with Crippen molar-refractivity contribution in [3.63, 3.8) is 0 Å². The summed E-state index contributed by atoms with van der Waals surface area (Å²) >= 11 is 0. The molecule has 0 atom stereocenters. The quantitative estimate of drug-likeness (QED) is 0.521. The molecule has 0 amide bonds. The summed E-state index contributed by atoms with van der Waals surface area (Å²) in [6.45, 7) is 3.03. The highest BCUT2D eigenvalue weighted by Crippen LogP contribution is 2.13. The van der Waals surface area contributed by atoms with E-state index in [1.165, 1.54) is 24.8 Å². The standard InChI is InChI=1S/C19H27N5/c1-23-16-17(15-21-23)9-8-12-20-19(24-13-6-3-7-14-24)22-18-10-4-2-5-11-18/h2,4-5,10-11,15-16H,3,6-9,12-14H2,1H3,(H,20,22). The Hall–Kier alpha value is -2.30. The number of hydrogen-bond donors (Lipinski definition) is 1. The minimum atomic E-state index is 0.834. The molecule has 0 bridgehead atoms. The maximum absolute atomic E-state index is 4.87. The Morgan fingerprint density at radius 2 is 1.96 bits per heavy atom. The fourth-order valence-electron chi connectivity index (χ4n) is 3.04. The van der Waals surface area contributed by atoms with Gasteiger partial charge < -0.3 is 10.2 Å². The molecule has 1 aromatic heterocycles. The number of piperidine rings is 1. The van der Waals surface area contributed by atoms with Crippen LogP contribution in [-0.2, 0) is 13.5 Å². The summed E-state index contributed by atoms with van der Waals surface area (Å²) in [4.78, 5) is 7.26. The third kappa shape index (κ3) is 4.85. The van der Waals surface area contributed by atoms with Gasteiger partial charge in [-0.2, -0.15) is 5.10 Å². The molecule has 1 aromatic carbocycles. The van der Waals surface area contributed by atoms with Gasteiger partial charge in [0.2, 0.25) is 0 Å². The molecular weight excluding hydrogens is 298 g/mol. The first kappa shape index (κ1) is 16.6. The lowest BCUT2D eigenvalue weighted by atomic mass is 10.1. The molecular formula is C19H27N5. The molecule has 24 heavy (non-hydrogen) atoms. The average Bonchev–Trinajstić information content (AvgIpc) is 3.04. The van der Waals surface area contributed by atoms with Crippen LogP contribution in [0.3, 0.4) is 0 Å². The van der Waals surface area contributed by atoms with Crippen LogP contribution in [0.2, 0.25) is 0 Å². The topological polar surface area (TPSA) is 45.5 Å². The van der Waals surface area contributed by atoms with Crippen LogP contribution in [-0.4, -0.2) is 40.3 Å². The fraction of sp³-hybridized carbons (Fsp3) is 0.474. The van der Waals surface area contributed by atoms with Crippen LogP contribution in [0.1, 0.15) is 31.2 Å². The van der Waals surface area contributed by atoms with Gasteiger partial charge in [-0.1, -0.05) is 18.2 Å². The summed E-state index contributed by atoms with van der Waals surface area (Å²) in [6, 6.07) is 10.3. The summed E-state index contributed by atoms with van der Waals surface area (Å²) in [7, 11) is 1.96. The fourth-order valence-corrected chi connectivity index (χ4v) is 3.04. The first-order chi connectivity index (χ1) is 11.8. The van der Waals surface area contributed by atoms with Crippen molar-refractivity contribution >= 4 is 11.6 Å². The van der Waals surface area contributed by atoms with Gasteiger partial charge in [-0.15, -0.1) is 0 Å². The number of hydrogen-bond acceptors (Lipinski definition) is 2. The van der Waals surface area contributed by atoms with Crippen molar-refractivity contribution in [2.24, 2.45) is 12.0 Å². The van der Waals surface area contributed by atoms with Crippen LogP contribution in [0, 0.1) is 0 Å². The van der Waals surface area contributed by atoms with E-state index in [4.69, 9.17) is 4.99 Å². The van der Waals surface area contributed by atoms with E-state index in [0.717, 1.165) is 44.1 Å². The molecule has 1 aliphatic rings. The summed E-state index contributed by atoms with van der Waals surface area (Å²) in [5, 5.41) is 7.73. The number of anilines is 1. The van der Waals surface area contributed by atoms with Crippen molar-refractivity contribution in [3.05, 3.63) is 48.3 Å². The normalized spacial score (nSPS) is 15.5. The van der Waals surface area contributed by atoms with E-state index in [9.17, 15) is 0 Å². The van der Waals surface area contributed by atoms with Crippen molar-refractivity contribution in [1.29, 1.82) is 0 Å². The molecule has 128 valence electrons. The van der Waals surface area contributed by atoms with E-state index in [1.807, 2.05) is 24.0 Å². The Bertz CT molecular complexity index is 641. The van der Waals surface area contributed by atoms with Crippen molar-refractivity contribution in [1.82, 2.24) is 14.7 Å². The number of nitrogens with zero attached hydrogens (tertiary/aromatic N) is 4. The Morgan fingerprint density at radius 3 is 2.67 bits per heavy atom. The molecule has 1 aliphatic heterocycles. The number of aliphatic imine (C=N–C) groups is 1. The van der Waals surface area contributed by atoms with Crippen LogP contribution < -0.4 is 5.32 Å². The number of nitrogens with one attached hydrogen (secondary N) is 1. The highest BCUT2D eigenvalue weighted by Gasteiger charge is 2.14. The zero-order valence-corrected chi connectivity index (χ0v) is 14.5. The van der Waals surface area contributed by atoms with E-state index in [0.29, 0.717) is 0 Å². The molecule has 0 aliphatic carbocycles. The first-order valence-corrected chi connectivity index (χ1v) is 8.90. The monoisotopic (exact) mass is 325 g/mol. The summed E-state index contributed by atoms with van der Waals surface area (Å²) < 4.78 is 1.86. The number of aryl methyl sites for hydroxylation is 2. The molecule has 0 unspecified atom stereocenters. The highest BCUT2D eigenvalue weighted by molar-refractivity contribution is 5.93. The maximum Gasteiger partial charge on any atom is 0.198 e. The second-order valence-corrected chi connectivity index (χ2v) is 6.37. The third-order valence-electron chi connectivity index (χ3n) is 4.33. The van der Waals surface area contributed by atoms with Gasteiger partial charge in [-0.3, -0.25) is 9.67 Å². The van der Waals surface area contributed by atoms with E-state index in [-0.39, 0.29) is 0 Å². The van der Waals surface area contributed by atoms with Crippen LogP contribution in [0.4, 0.5) is 5.69 Å². The predicted octanol–water partition coefficient (Wildman–Crippen LogP) is 3.31. The van der Waals surface area contributed by atoms with Crippen LogP contribution in [0.25, 0.3) is 0 Å². The molecule has 1 fully saturated rings. The first-order valence-electron chi connectivity index (χ1n) is 8.90. The smallest absolute Gasteiger partial charge is 0.198 e. The Morgan fingerprint density at radius 1 is 1.17 bits per heavy atom. The zero-order valence-electron chi connectivity index (χ0n) is 14.5. The molecule has 5 heteroatoms. The molecule has 1 N–H and O–H groups in total. The van der Waals surface area contributed by atoms with Gasteiger partial charge in [0, 0.05) is 38.6 Å². The van der Waals surface area contributed by atoms with E-state index in [2.05, 4.69) is 45.8 Å².